The molecule has 0 radical (unpaired) electrons. The lowest BCUT2D eigenvalue weighted by Gasteiger charge is -2.33. The molecule has 0 bridgehead atoms. The quantitative estimate of drug-likeness (QED) is 0.685. The molecule has 0 aliphatic heterocycles. The van der Waals surface area contributed by atoms with Crippen molar-refractivity contribution in [2.75, 3.05) is 7.11 Å². The van der Waals surface area contributed by atoms with Gasteiger partial charge in [-0.2, -0.15) is 0 Å². The zero-order valence-electron chi connectivity index (χ0n) is 12.0. The number of esters is 1. The lowest BCUT2D eigenvalue weighted by Crippen LogP contribution is -2.47. The number of hydrogen-bond acceptors (Lipinski definition) is 5. The molecule has 1 amide bonds. The summed E-state index contributed by atoms with van der Waals surface area (Å²) in [4.78, 5) is 35.3. The molecule has 3 rings (SSSR count). The Morgan fingerprint density at radius 2 is 2.00 bits per heavy atom. The molecule has 1 fully saturated rings. The van der Waals surface area contributed by atoms with Crippen LogP contribution in [-0.2, 0) is 9.53 Å². The number of nitrogens with one attached hydrogen (secondary N) is 1. The molecule has 6 nitrogen and oxygen atoms in total. The van der Waals surface area contributed by atoms with Crippen LogP contribution in [-0.4, -0.2) is 25.0 Å². The molecule has 2 aromatic rings. The van der Waals surface area contributed by atoms with Gasteiger partial charge in [0.15, 0.2) is 0 Å². The molecule has 114 valence electrons. The normalized spacial score (nSPS) is 20.2. The highest BCUT2D eigenvalue weighted by Gasteiger charge is 2.36. The van der Waals surface area contributed by atoms with Gasteiger partial charge in [0.1, 0.15) is 11.1 Å². The Morgan fingerprint density at radius 1 is 1.27 bits per heavy atom. The van der Waals surface area contributed by atoms with Crippen LogP contribution in [0.25, 0.3) is 11.0 Å². The maximum atomic E-state index is 12.2. The van der Waals surface area contributed by atoms with Crippen molar-refractivity contribution < 1.29 is 18.7 Å². The van der Waals surface area contributed by atoms with Crippen molar-refractivity contribution in [1.82, 2.24) is 5.32 Å². The van der Waals surface area contributed by atoms with E-state index in [1.165, 1.54) is 13.2 Å². The molecule has 1 heterocycles. The van der Waals surface area contributed by atoms with Crippen LogP contribution in [0, 0.1) is 5.92 Å². The SMILES string of the molecule is COC(=O)C1CC(NC(=O)c2cc3ccccc3oc2=O)C1. The van der Waals surface area contributed by atoms with Crippen LogP contribution >= 0.6 is 0 Å². The number of fused-ring (bicyclic) bond motifs is 1. The molecule has 1 aromatic heterocycles. The van der Waals surface area contributed by atoms with E-state index < -0.39 is 11.5 Å². The van der Waals surface area contributed by atoms with Gasteiger partial charge in [0, 0.05) is 11.4 Å². The molecule has 0 unspecified atom stereocenters. The van der Waals surface area contributed by atoms with Gasteiger partial charge in [0.05, 0.1) is 13.0 Å². The average molecular weight is 301 g/mol. The second-order valence-corrected chi connectivity index (χ2v) is 5.35. The van der Waals surface area contributed by atoms with Crippen LogP contribution in [0.3, 0.4) is 0 Å². The first-order valence-electron chi connectivity index (χ1n) is 7.00. The van der Waals surface area contributed by atoms with Crippen molar-refractivity contribution >= 4 is 22.8 Å². The average Bonchev–Trinajstić information content (AvgIpc) is 2.48. The second kappa shape index (κ2) is 5.63. The summed E-state index contributed by atoms with van der Waals surface area (Å²) in [7, 11) is 1.34. The molecule has 1 aliphatic rings. The smallest absolute Gasteiger partial charge is 0.349 e. The number of ether oxygens (including phenoxy) is 1. The molecular weight excluding hydrogens is 286 g/mol. The first kappa shape index (κ1) is 14.3. The number of benzene rings is 1. The van der Waals surface area contributed by atoms with Crippen molar-refractivity contribution in [2.45, 2.75) is 18.9 Å². The Balaban J connectivity index is 1.72. The maximum absolute atomic E-state index is 12.2. The van der Waals surface area contributed by atoms with Crippen molar-refractivity contribution in [1.29, 1.82) is 0 Å². The highest BCUT2D eigenvalue weighted by atomic mass is 16.5. The van der Waals surface area contributed by atoms with Crippen LogP contribution in [0.4, 0.5) is 0 Å². The van der Waals surface area contributed by atoms with E-state index in [1.54, 1.807) is 24.3 Å². The number of hydrogen-bond donors (Lipinski definition) is 1. The number of carbonyl (C=O) groups excluding carboxylic acids is 2. The Morgan fingerprint density at radius 3 is 2.73 bits per heavy atom. The minimum Gasteiger partial charge on any atom is -0.469 e. The molecular formula is C16H15NO5. The van der Waals surface area contributed by atoms with Gasteiger partial charge in [0.25, 0.3) is 5.91 Å². The standard InChI is InChI=1S/C16H15NO5/c1-21-15(19)10-6-11(7-10)17-14(18)12-8-9-4-2-3-5-13(9)22-16(12)20/h2-5,8,10-11H,6-7H2,1H3,(H,17,18). The van der Waals surface area contributed by atoms with Gasteiger partial charge in [-0.25, -0.2) is 4.79 Å². The zero-order chi connectivity index (χ0) is 15.7. The summed E-state index contributed by atoms with van der Waals surface area (Å²) in [6, 6.07) is 8.40. The Hall–Kier alpha value is -2.63. The lowest BCUT2D eigenvalue weighted by atomic mass is 9.80. The first-order chi connectivity index (χ1) is 10.6. The van der Waals surface area contributed by atoms with E-state index in [9.17, 15) is 14.4 Å². The number of methoxy groups -OCH3 is 1. The molecule has 1 N–H and O–H groups in total. The third-order valence-corrected chi connectivity index (χ3v) is 3.89. The van der Waals surface area contributed by atoms with Crippen LogP contribution in [0.2, 0.25) is 0 Å². The summed E-state index contributed by atoms with van der Waals surface area (Å²) in [6.07, 6.45) is 1.05. The number of rotatable bonds is 3. The summed E-state index contributed by atoms with van der Waals surface area (Å²) in [5.74, 6) is -0.924. The molecule has 1 aliphatic carbocycles. The first-order valence-corrected chi connectivity index (χ1v) is 7.00. The fourth-order valence-corrected chi connectivity index (χ4v) is 2.58. The van der Waals surface area contributed by atoms with Crippen molar-refractivity contribution in [3.63, 3.8) is 0 Å². The third kappa shape index (κ3) is 2.59. The molecule has 22 heavy (non-hydrogen) atoms. The summed E-state index contributed by atoms with van der Waals surface area (Å²) < 4.78 is 9.78. The topological polar surface area (TPSA) is 85.6 Å². The molecule has 6 heteroatoms. The molecule has 1 aromatic carbocycles. The van der Waals surface area contributed by atoms with Crippen LogP contribution < -0.4 is 10.9 Å². The second-order valence-electron chi connectivity index (χ2n) is 5.35. The lowest BCUT2D eigenvalue weighted by molar-refractivity contribution is -0.149. The number of para-hydroxylation sites is 1. The van der Waals surface area contributed by atoms with E-state index in [1.807, 2.05) is 0 Å². The van der Waals surface area contributed by atoms with Crippen molar-refractivity contribution in [3.05, 3.63) is 46.3 Å². The highest BCUT2D eigenvalue weighted by Crippen LogP contribution is 2.28. The van der Waals surface area contributed by atoms with Crippen molar-refractivity contribution in [2.24, 2.45) is 5.92 Å². The summed E-state index contributed by atoms with van der Waals surface area (Å²) >= 11 is 0. The molecule has 0 saturated heterocycles. The largest absolute Gasteiger partial charge is 0.469 e. The fraction of sp³-hybridized carbons (Fsp3) is 0.312. The number of amides is 1. The molecule has 1 saturated carbocycles. The molecule has 0 spiro atoms. The monoisotopic (exact) mass is 301 g/mol. The van der Waals surface area contributed by atoms with Crippen molar-refractivity contribution in [3.8, 4) is 0 Å². The number of carbonyl (C=O) groups is 2. The zero-order valence-corrected chi connectivity index (χ0v) is 12.0. The summed E-state index contributed by atoms with van der Waals surface area (Å²) in [5.41, 5.74) is -0.251. The minimum atomic E-state index is -0.667. The van der Waals surface area contributed by atoms with Crippen LogP contribution in [0.15, 0.2) is 39.5 Å². The van der Waals surface area contributed by atoms with Gasteiger partial charge < -0.3 is 14.5 Å². The highest BCUT2D eigenvalue weighted by molar-refractivity contribution is 5.96. The maximum Gasteiger partial charge on any atom is 0.349 e. The van der Waals surface area contributed by atoms with Gasteiger partial charge in [-0.1, -0.05) is 18.2 Å². The molecule has 0 atom stereocenters. The summed E-state index contributed by atoms with van der Waals surface area (Å²) in [6.45, 7) is 0. The van der Waals surface area contributed by atoms with Gasteiger partial charge in [0.2, 0.25) is 0 Å². The van der Waals surface area contributed by atoms with Crippen LogP contribution in [0.1, 0.15) is 23.2 Å². The summed E-state index contributed by atoms with van der Waals surface area (Å²) in [5, 5.41) is 3.43. The van der Waals surface area contributed by atoms with Crippen LogP contribution in [0.5, 0.6) is 0 Å². The van der Waals surface area contributed by atoms with Gasteiger partial charge in [-0.3, -0.25) is 9.59 Å². The fourth-order valence-electron chi connectivity index (χ4n) is 2.58. The van der Waals surface area contributed by atoms with E-state index in [-0.39, 0.29) is 23.5 Å². The Bertz CT molecular complexity index is 788. The van der Waals surface area contributed by atoms with E-state index in [0.29, 0.717) is 23.8 Å². The van der Waals surface area contributed by atoms with E-state index in [4.69, 9.17) is 4.42 Å². The third-order valence-electron chi connectivity index (χ3n) is 3.89. The Labute approximate surface area is 126 Å². The van der Waals surface area contributed by atoms with E-state index in [0.717, 1.165) is 0 Å². The minimum absolute atomic E-state index is 0.0276. The van der Waals surface area contributed by atoms with Gasteiger partial charge in [-0.05, 0) is 25.0 Å². The van der Waals surface area contributed by atoms with Gasteiger partial charge >= 0.3 is 11.6 Å². The van der Waals surface area contributed by atoms with Gasteiger partial charge in [-0.15, -0.1) is 0 Å². The van der Waals surface area contributed by atoms with E-state index in [2.05, 4.69) is 10.1 Å². The Kier molecular flexibility index (Phi) is 3.66. The van der Waals surface area contributed by atoms with E-state index >= 15 is 0 Å². The predicted octanol–water partition coefficient (Wildman–Crippen LogP) is 1.47. The predicted molar refractivity (Wildman–Crippen MR) is 78.5 cm³/mol.